The molecule has 18 heavy (non-hydrogen) atoms. The first-order chi connectivity index (χ1) is 8.49. The lowest BCUT2D eigenvalue weighted by atomic mass is 10.1. The Morgan fingerprint density at radius 3 is 2.61 bits per heavy atom. The van der Waals surface area contributed by atoms with Crippen LogP contribution in [-0.4, -0.2) is 9.91 Å². The van der Waals surface area contributed by atoms with Gasteiger partial charge in [-0.3, -0.25) is 15.1 Å². The van der Waals surface area contributed by atoms with Crippen molar-refractivity contribution in [3.05, 3.63) is 56.7 Å². The van der Waals surface area contributed by atoms with Gasteiger partial charge in [0.2, 0.25) is 0 Å². The van der Waals surface area contributed by atoms with Crippen molar-refractivity contribution in [3.63, 3.8) is 0 Å². The topological polar surface area (TPSA) is 56.0 Å². The van der Waals surface area contributed by atoms with Crippen LogP contribution in [0.3, 0.4) is 0 Å². The zero-order chi connectivity index (χ0) is 13.3. The van der Waals surface area contributed by atoms with Crippen LogP contribution in [0.1, 0.15) is 11.1 Å². The maximum atomic E-state index is 10.8. The maximum Gasteiger partial charge on any atom is 0.288 e. The fourth-order valence-electron chi connectivity index (χ4n) is 1.82. The molecule has 0 aliphatic heterocycles. The molecule has 0 saturated heterocycles. The van der Waals surface area contributed by atoms with Gasteiger partial charge in [0.25, 0.3) is 5.69 Å². The number of benzene rings is 1. The Morgan fingerprint density at radius 2 is 2.00 bits per heavy atom. The van der Waals surface area contributed by atoms with E-state index >= 15 is 0 Å². The lowest BCUT2D eigenvalue weighted by Crippen LogP contribution is -1.93. The van der Waals surface area contributed by atoms with E-state index in [2.05, 4.69) is 4.98 Å². The summed E-state index contributed by atoms with van der Waals surface area (Å²) in [6.07, 6.45) is 1.74. The number of nitrogens with zero attached hydrogens (tertiary/aromatic N) is 2. The number of hydrogen-bond acceptors (Lipinski definition) is 3. The average molecular weight is 263 g/mol. The summed E-state index contributed by atoms with van der Waals surface area (Å²) in [5.74, 6) is 0. The molecule has 0 aliphatic carbocycles. The van der Waals surface area contributed by atoms with Gasteiger partial charge in [0, 0.05) is 17.8 Å². The van der Waals surface area contributed by atoms with Gasteiger partial charge < -0.3 is 0 Å². The Morgan fingerprint density at radius 1 is 1.28 bits per heavy atom. The summed E-state index contributed by atoms with van der Waals surface area (Å²) < 4.78 is 0. The number of pyridine rings is 1. The zero-order valence-corrected chi connectivity index (χ0v) is 10.7. The van der Waals surface area contributed by atoms with Crippen LogP contribution in [0.25, 0.3) is 11.3 Å². The number of nitro benzene ring substituents is 1. The van der Waals surface area contributed by atoms with Crippen LogP contribution in [-0.2, 0) is 0 Å². The third kappa shape index (κ3) is 2.33. The van der Waals surface area contributed by atoms with Crippen LogP contribution in [0, 0.1) is 24.0 Å². The normalized spacial score (nSPS) is 10.4. The van der Waals surface area contributed by atoms with E-state index in [0.29, 0.717) is 5.56 Å². The van der Waals surface area contributed by atoms with E-state index in [-0.39, 0.29) is 10.7 Å². The number of hydrogen-bond donors (Lipinski definition) is 0. The molecule has 5 heteroatoms. The molecule has 2 rings (SSSR count). The maximum absolute atomic E-state index is 10.8. The standard InChI is InChI=1S/C13H11ClN2O2/c1-8-5-9(2)13(15-7-8)10-3-4-11(14)12(6-10)16(17)18/h3-7H,1-2H3. The SMILES string of the molecule is Cc1cnc(-c2ccc(Cl)c([N+](=O)[O-])c2)c(C)c1. The molecule has 1 aromatic carbocycles. The summed E-state index contributed by atoms with van der Waals surface area (Å²) in [6.45, 7) is 3.88. The van der Waals surface area contributed by atoms with Crippen molar-refractivity contribution in [2.45, 2.75) is 13.8 Å². The summed E-state index contributed by atoms with van der Waals surface area (Å²) in [6, 6.07) is 6.70. The van der Waals surface area contributed by atoms with Gasteiger partial charge >= 0.3 is 0 Å². The van der Waals surface area contributed by atoms with Gasteiger partial charge in [-0.15, -0.1) is 0 Å². The first kappa shape index (κ1) is 12.5. The largest absolute Gasteiger partial charge is 0.288 e. The molecule has 0 saturated carbocycles. The number of aryl methyl sites for hydroxylation is 2. The Hall–Kier alpha value is -1.94. The molecule has 0 bridgehead atoms. The third-order valence-corrected chi connectivity index (χ3v) is 2.95. The predicted molar refractivity (Wildman–Crippen MR) is 70.8 cm³/mol. The highest BCUT2D eigenvalue weighted by atomic mass is 35.5. The number of halogens is 1. The minimum absolute atomic E-state index is 0.101. The number of aromatic nitrogens is 1. The first-order valence-corrected chi connectivity index (χ1v) is 5.74. The van der Waals surface area contributed by atoms with Crippen LogP contribution >= 0.6 is 11.6 Å². The van der Waals surface area contributed by atoms with E-state index in [9.17, 15) is 10.1 Å². The minimum Gasteiger partial charge on any atom is -0.258 e. The van der Waals surface area contributed by atoms with E-state index in [1.165, 1.54) is 12.1 Å². The van der Waals surface area contributed by atoms with Gasteiger partial charge in [-0.05, 0) is 31.0 Å². The second-order valence-electron chi connectivity index (χ2n) is 4.10. The molecule has 0 radical (unpaired) electrons. The molecular weight excluding hydrogens is 252 g/mol. The van der Waals surface area contributed by atoms with Crippen LogP contribution in [0.5, 0.6) is 0 Å². The fraction of sp³-hybridized carbons (Fsp3) is 0.154. The van der Waals surface area contributed by atoms with Gasteiger partial charge in [-0.1, -0.05) is 23.7 Å². The second kappa shape index (κ2) is 4.74. The molecule has 0 N–H and O–H groups in total. The molecule has 0 atom stereocenters. The highest BCUT2D eigenvalue weighted by Gasteiger charge is 2.14. The third-order valence-electron chi connectivity index (χ3n) is 2.63. The van der Waals surface area contributed by atoms with E-state index in [0.717, 1.165) is 16.8 Å². The van der Waals surface area contributed by atoms with Crippen molar-refractivity contribution in [1.82, 2.24) is 4.98 Å². The smallest absolute Gasteiger partial charge is 0.258 e. The number of nitro groups is 1. The molecule has 0 amide bonds. The van der Waals surface area contributed by atoms with Crippen LogP contribution in [0.4, 0.5) is 5.69 Å². The van der Waals surface area contributed by atoms with Crippen LogP contribution < -0.4 is 0 Å². The van der Waals surface area contributed by atoms with Gasteiger partial charge in [0.1, 0.15) is 5.02 Å². The zero-order valence-electron chi connectivity index (χ0n) is 9.98. The van der Waals surface area contributed by atoms with Crippen molar-refractivity contribution in [3.8, 4) is 11.3 Å². The highest BCUT2D eigenvalue weighted by Crippen LogP contribution is 2.30. The van der Waals surface area contributed by atoms with E-state index in [1.807, 2.05) is 19.9 Å². The fourth-order valence-corrected chi connectivity index (χ4v) is 2.00. The molecule has 0 fully saturated rings. The second-order valence-corrected chi connectivity index (χ2v) is 4.51. The Kier molecular flexibility index (Phi) is 3.30. The predicted octanol–water partition coefficient (Wildman–Crippen LogP) is 3.93. The molecule has 0 spiro atoms. The van der Waals surface area contributed by atoms with Crippen molar-refractivity contribution in [2.24, 2.45) is 0 Å². The molecule has 0 unspecified atom stereocenters. The van der Waals surface area contributed by atoms with Crippen molar-refractivity contribution < 1.29 is 4.92 Å². The first-order valence-electron chi connectivity index (χ1n) is 5.36. The van der Waals surface area contributed by atoms with Gasteiger partial charge in [0.15, 0.2) is 0 Å². The average Bonchev–Trinajstić information content (AvgIpc) is 2.30. The van der Waals surface area contributed by atoms with Crippen molar-refractivity contribution >= 4 is 17.3 Å². The summed E-state index contributed by atoms with van der Waals surface area (Å²) in [5.41, 5.74) is 3.37. The molecule has 1 heterocycles. The summed E-state index contributed by atoms with van der Waals surface area (Å²) in [5, 5.41) is 11.0. The van der Waals surface area contributed by atoms with Crippen molar-refractivity contribution in [2.75, 3.05) is 0 Å². The van der Waals surface area contributed by atoms with Gasteiger partial charge in [-0.2, -0.15) is 0 Å². The summed E-state index contributed by atoms with van der Waals surface area (Å²) in [7, 11) is 0. The van der Waals surface area contributed by atoms with Crippen LogP contribution in [0.15, 0.2) is 30.5 Å². The Balaban J connectivity index is 2.58. The van der Waals surface area contributed by atoms with Crippen molar-refractivity contribution in [1.29, 1.82) is 0 Å². The van der Waals surface area contributed by atoms with E-state index in [4.69, 9.17) is 11.6 Å². The Bertz CT molecular complexity index is 626. The molecule has 1 aromatic heterocycles. The summed E-state index contributed by atoms with van der Waals surface area (Å²) in [4.78, 5) is 14.7. The lowest BCUT2D eigenvalue weighted by Gasteiger charge is -2.06. The van der Waals surface area contributed by atoms with Gasteiger partial charge in [0.05, 0.1) is 10.6 Å². The molecule has 92 valence electrons. The molecule has 2 aromatic rings. The monoisotopic (exact) mass is 262 g/mol. The summed E-state index contributed by atoms with van der Waals surface area (Å²) >= 11 is 5.78. The molecule has 4 nitrogen and oxygen atoms in total. The number of rotatable bonds is 2. The quantitative estimate of drug-likeness (QED) is 0.609. The molecule has 0 aliphatic rings. The van der Waals surface area contributed by atoms with E-state index in [1.54, 1.807) is 12.3 Å². The highest BCUT2D eigenvalue weighted by molar-refractivity contribution is 6.32. The minimum atomic E-state index is -0.491. The Labute approximate surface area is 109 Å². The van der Waals surface area contributed by atoms with E-state index < -0.39 is 4.92 Å². The molecular formula is C13H11ClN2O2. The van der Waals surface area contributed by atoms with Crippen LogP contribution in [0.2, 0.25) is 5.02 Å². The van der Waals surface area contributed by atoms with Gasteiger partial charge in [-0.25, -0.2) is 0 Å². The lowest BCUT2D eigenvalue weighted by molar-refractivity contribution is -0.384.